The van der Waals surface area contributed by atoms with Gasteiger partial charge in [-0.2, -0.15) is 18.3 Å². The summed E-state index contributed by atoms with van der Waals surface area (Å²) < 4.78 is 41.5. The minimum Gasteiger partial charge on any atom is -0.307 e. The van der Waals surface area contributed by atoms with E-state index in [4.69, 9.17) is 0 Å². The molecule has 0 bridgehead atoms. The fourth-order valence-electron chi connectivity index (χ4n) is 2.97. The van der Waals surface area contributed by atoms with E-state index in [1.54, 1.807) is 12.1 Å². The standard InChI is InChI=1S/C21H13F3N6O3/c22-21(23,24)18-10-17(14-4-2-8-25-11-14)28-29(18)16-6-7-19(26-12-16)27-20(31)13-3-1-5-15(9-13)30(32)33/h1-12H,(H,26,27,31). The molecule has 0 unspecified atom stereocenters. The number of hydrogen-bond donors (Lipinski definition) is 1. The molecule has 0 fully saturated rings. The van der Waals surface area contributed by atoms with Crippen LogP contribution in [0.5, 0.6) is 0 Å². The molecule has 3 aromatic heterocycles. The van der Waals surface area contributed by atoms with Gasteiger partial charge in [0.2, 0.25) is 0 Å². The molecule has 4 rings (SSSR count). The van der Waals surface area contributed by atoms with Crippen molar-refractivity contribution in [1.82, 2.24) is 19.7 Å². The minimum absolute atomic E-state index is 0.0193. The van der Waals surface area contributed by atoms with Crippen LogP contribution in [-0.2, 0) is 6.18 Å². The first-order chi connectivity index (χ1) is 15.7. The lowest BCUT2D eigenvalue weighted by atomic mass is 10.2. The molecule has 1 amide bonds. The van der Waals surface area contributed by atoms with E-state index in [2.05, 4.69) is 20.4 Å². The molecule has 0 saturated heterocycles. The number of carbonyl (C=O) groups is 1. The second-order valence-electron chi connectivity index (χ2n) is 6.73. The molecule has 0 spiro atoms. The number of amides is 1. The number of nitrogens with one attached hydrogen (secondary N) is 1. The van der Waals surface area contributed by atoms with Gasteiger partial charge in [-0.3, -0.25) is 19.9 Å². The van der Waals surface area contributed by atoms with E-state index < -0.39 is 22.7 Å². The van der Waals surface area contributed by atoms with E-state index in [-0.39, 0.29) is 28.5 Å². The topological polar surface area (TPSA) is 116 Å². The average molecular weight is 454 g/mol. The largest absolute Gasteiger partial charge is 0.433 e. The van der Waals surface area contributed by atoms with Gasteiger partial charge in [0.25, 0.3) is 11.6 Å². The Bertz CT molecular complexity index is 1320. The molecule has 0 aliphatic carbocycles. The van der Waals surface area contributed by atoms with Gasteiger partial charge in [-0.15, -0.1) is 0 Å². The van der Waals surface area contributed by atoms with Crippen LogP contribution in [0.1, 0.15) is 16.1 Å². The summed E-state index contributed by atoms with van der Waals surface area (Å²) in [5.74, 6) is -0.615. The van der Waals surface area contributed by atoms with E-state index in [1.807, 2.05) is 0 Å². The van der Waals surface area contributed by atoms with Crippen molar-refractivity contribution in [3.05, 3.63) is 94.6 Å². The number of benzene rings is 1. The predicted octanol–water partition coefficient (Wildman–Crippen LogP) is 4.51. The van der Waals surface area contributed by atoms with Gasteiger partial charge >= 0.3 is 6.18 Å². The maximum atomic E-state index is 13.6. The summed E-state index contributed by atoms with van der Waals surface area (Å²) in [6.07, 6.45) is -0.659. The number of pyridine rings is 2. The number of nitro groups is 1. The molecule has 3 heterocycles. The Morgan fingerprint density at radius 3 is 2.52 bits per heavy atom. The van der Waals surface area contributed by atoms with Crippen molar-refractivity contribution in [2.75, 3.05) is 5.32 Å². The molecule has 0 aliphatic rings. The van der Waals surface area contributed by atoms with Crippen LogP contribution in [0.15, 0.2) is 73.2 Å². The lowest BCUT2D eigenvalue weighted by molar-refractivity contribution is -0.384. The van der Waals surface area contributed by atoms with Crippen LogP contribution in [0, 0.1) is 10.1 Å². The third-order valence-electron chi connectivity index (χ3n) is 4.51. The highest BCUT2D eigenvalue weighted by atomic mass is 19.4. The average Bonchev–Trinajstić information content (AvgIpc) is 3.26. The lowest BCUT2D eigenvalue weighted by Gasteiger charge is -2.10. The Labute approximate surface area is 183 Å². The first kappa shape index (κ1) is 21.6. The molecule has 1 aromatic carbocycles. The molecule has 33 heavy (non-hydrogen) atoms. The van der Waals surface area contributed by atoms with Crippen molar-refractivity contribution in [2.45, 2.75) is 6.18 Å². The van der Waals surface area contributed by atoms with Crippen molar-refractivity contribution in [3.63, 3.8) is 0 Å². The number of rotatable bonds is 5. The third kappa shape index (κ3) is 4.69. The SMILES string of the molecule is O=C(Nc1ccc(-n2nc(-c3cccnc3)cc2C(F)(F)F)cn1)c1cccc([N+](=O)[O-])c1. The number of nitro benzene ring substituents is 1. The number of anilines is 1. The Hall–Kier alpha value is -4.61. The number of non-ortho nitro benzene ring substituents is 1. The Morgan fingerprint density at radius 2 is 1.88 bits per heavy atom. The van der Waals surface area contributed by atoms with Gasteiger partial charge < -0.3 is 5.32 Å². The van der Waals surface area contributed by atoms with Crippen LogP contribution in [-0.4, -0.2) is 30.6 Å². The fraction of sp³-hybridized carbons (Fsp3) is 0.0476. The Kier molecular flexibility index (Phi) is 5.56. The van der Waals surface area contributed by atoms with Crippen molar-refractivity contribution < 1.29 is 22.9 Å². The molecular weight excluding hydrogens is 441 g/mol. The normalized spacial score (nSPS) is 11.2. The highest BCUT2D eigenvalue weighted by Crippen LogP contribution is 2.34. The van der Waals surface area contributed by atoms with Gasteiger partial charge in [0, 0.05) is 35.7 Å². The van der Waals surface area contributed by atoms with Gasteiger partial charge in [0.1, 0.15) is 11.5 Å². The van der Waals surface area contributed by atoms with E-state index in [0.717, 1.165) is 18.3 Å². The van der Waals surface area contributed by atoms with Gasteiger partial charge in [-0.25, -0.2) is 9.67 Å². The number of nitrogens with zero attached hydrogens (tertiary/aromatic N) is 5. The van der Waals surface area contributed by atoms with Crippen LogP contribution < -0.4 is 5.32 Å². The summed E-state index contributed by atoms with van der Waals surface area (Å²) >= 11 is 0. The van der Waals surface area contributed by atoms with Gasteiger partial charge in [0.15, 0.2) is 0 Å². The molecule has 0 aliphatic heterocycles. The smallest absolute Gasteiger partial charge is 0.307 e. The second kappa shape index (κ2) is 8.49. The molecule has 9 nitrogen and oxygen atoms in total. The van der Waals surface area contributed by atoms with E-state index in [0.29, 0.717) is 10.2 Å². The summed E-state index contributed by atoms with van der Waals surface area (Å²) in [6.45, 7) is 0. The van der Waals surface area contributed by atoms with Crippen molar-refractivity contribution in [2.24, 2.45) is 0 Å². The zero-order chi connectivity index (χ0) is 23.6. The molecule has 4 aromatic rings. The minimum atomic E-state index is -4.68. The lowest BCUT2D eigenvalue weighted by Crippen LogP contribution is -2.15. The molecule has 12 heteroatoms. The number of aromatic nitrogens is 4. The molecule has 0 atom stereocenters. The number of carbonyl (C=O) groups excluding carboxylic acids is 1. The summed E-state index contributed by atoms with van der Waals surface area (Å²) in [5, 5.41) is 17.4. The zero-order valence-electron chi connectivity index (χ0n) is 16.5. The summed E-state index contributed by atoms with van der Waals surface area (Å²) in [6, 6.07) is 11.8. The molecule has 0 saturated carbocycles. The van der Waals surface area contributed by atoms with E-state index >= 15 is 0 Å². The monoisotopic (exact) mass is 454 g/mol. The van der Waals surface area contributed by atoms with E-state index in [9.17, 15) is 28.1 Å². The predicted molar refractivity (Wildman–Crippen MR) is 111 cm³/mol. The molecule has 0 radical (unpaired) electrons. The van der Waals surface area contributed by atoms with Crippen LogP contribution in [0.3, 0.4) is 0 Å². The summed E-state index contributed by atoms with van der Waals surface area (Å²) in [5.41, 5.74) is -0.715. The fourth-order valence-corrected chi connectivity index (χ4v) is 2.97. The molecular formula is C21H13F3N6O3. The molecule has 1 N–H and O–H groups in total. The van der Waals surface area contributed by atoms with Crippen molar-refractivity contribution in [1.29, 1.82) is 0 Å². The summed E-state index contributed by atoms with van der Waals surface area (Å²) in [7, 11) is 0. The molecule has 166 valence electrons. The second-order valence-corrected chi connectivity index (χ2v) is 6.73. The van der Waals surface area contributed by atoms with Crippen LogP contribution in [0.25, 0.3) is 16.9 Å². The number of halogens is 3. The summed E-state index contributed by atoms with van der Waals surface area (Å²) in [4.78, 5) is 30.4. The van der Waals surface area contributed by atoms with Gasteiger partial charge in [-0.1, -0.05) is 6.07 Å². The van der Waals surface area contributed by atoms with Crippen LogP contribution >= 0.6 is 0 Å². The van der Waals surface area contributed by atoms with Crippen LogP contribution in [0.2, 0.25) is 0 Å². The van der Waals surface area contributed by atoms with Crippen molar-refractivity contribution >= 4 is 17.4 Å². The quantitative estimate of drug-likeness (QED) is 0.350. The maximum Gasteiger partial charge on any atom is 0.433 e. The zero-order valence-corrected chi connectivity index (χ0v) is 16.5. The van der Waals surface area contributed by atoms with Gasteiger partial charge in [0.05, 0.1) is 22.5 Å². The van der Waals surface area contributed by atoms with Crippen LogP contribution in [0.4, 0.5) is 24.7 Å². The van der Waals surface area contributed by atoms with Gasteiger partial charge in [-0.05, 0) is 36.4 Å². The first-order valence-electron chi connectivity index (χ1n) is 9.32. The highest BCUT2D eigenvalue weighted by molar-refractivity contribution is 6.04. The Balaban J connectivity index is 1.61. The number of alkyl halides is 3. The Morgan fingerprint density at radius 1 is 1.06 bits per heavy atom. The van der Waals surface area contributed by atoms with Crippen molar-refractivity contribution in [3.8, 4) is 16.9 Å². The first-order valence-corrected chi connectivity index (χ1v) is 9.32. The van der Waals surface area contributed by atoms with E-state index in [1.165, 1.54) is 42.7 Å². The maximum absolute atomic E-state index is 13.6. The highest BCUT2D eigenvalue weighted by Gasteiger charge is 2.36. The third-order valence-corrected chi connectivity index (χ3v) is 4.51. The number of hydrogen-bond acceptors (Lipinski definition) is 6.